The first-order chi connectivity index (χ1) is 9.64. The molecule has 0 aromatic carbocycles. The summed E-state index contributed by atoms with van der Waals surface area (Å²) in [7, 11) is 0. The Bertz CT molecular complexity index is 320. The first-order valence-corrected chi connectivity index (χ1v) is 8.30. The fourth-order valence-electron chi connectivity index (χ4n) is 3.79. The first-order valence-electron chi connectivity index (χ1n) is 8.30. The number of piperidine rings is 1. The van der Waals surface area contributed by atoms with Gasteiger partial charge in [0, 0.05) is 32.2 Å². The molecule has 0 bridgehead atoms. The van der Waals surface area contributed by atoms with Crippen LogP contribution in [-0.4, -0.2) is 60.1 Å². The molecule has 1 amide bonds. The van der Waals surface area contributed by atoms with Crippen LogP contribution in [0.2, 0.25) is 0 Å². The summed E-state index contributed by atoms with van der Waals surface area (Å²) in [5.74, 6) is 0.288. The minimum atomic E-state index is 0.0377. The normalized spacial score (nSPS) is 26.2. The van der Waals surface area contributed by atoms with Crippen molar-refractivity contribution in [3.63, 3.8) is 0 Å². The van der Waals surface area contributed by atoms with Gasteiger partial charge in [0.1, 0.15) is 0 Å². The zero-order chi connectivity index (χ0) is 14.6. The van der Waals surface area contributed by atoms with E-state index in [1.807, 2.05) is 11.8 Å². The van der Waals surface area contributed by atoms with E-state index in [0.717, 1.165) is 58.5 Å². The third-order valence-corrected chi connectivity index (χ3v) is 5.13. The van der Waals surface area contributed by atoms with Crippen LogP contribution in [0, 0.1) is 0 Å². The Morgan fingerprint density at radius 3 is 2.45 bits per heavy atom. The quantitative estimate of drug-likeness (QED) is 0.793. The molecule has 0 aromatic heterocycles. The summed E-state index contributed by atoms with van der Waals surface area (Å²) in [4.78, 5) is 16.4. The summed E-state index contributed by atoms with van der Waals surface area (Å²) < 4.78 is 6.17. The number of likely N-dealkylation sites (tertiary alicyclic amines) is 1. The molecule has 116 valence electrons. The van der Waals surface area contributed by atoms with E-state index in [0.29, 0.717) is 12.5 Å². The van der Waals surface area contributed by atoms with Crippen molar-refractivity contribution in [2.75, 3.05) is 32.8 Å². The molecule has 1 spiro atoms. The molecule has 20 heavy (non-hydrogen) atoms. The maximum Gasteiger partial charge on any atom is 0.222 e. The molecule has 2 saturated heterocycles. The fourth-order valence-corrected chi connectivity index (χ4v) is 3.79. The first kappa shape index (κ1) is 15.8. The Labute approximate surface area is 123 Å². The molecule has 0 aliphatic carbocycles. The average Bonchev–Trinajstić information content (AvgIpc) is 2.49. The van der Waals surface area contributed by atoms with Gasteiger partial charge in [0.05, 0.1) is 5.60 Å². The van der Waals surface area contributed by atoms with E-state index in [-0.39, 0.29) is 11.5 Å². The molecule has 0 saturated carbocycles. The van der Waals surface area contributed by atoms with E-state index >= 15 is 0 Å². The molecule has 4 nitrogen and oxygen atoms in total. The topological polar surface area (TPSA) is 32.8 Å². The van der Waals surface area contributed by atoms with Gasteiger partial charge in [0.25, 0.3) is 0 Å². The Morgan fingerprint density at radius 1 is 1.25 bits per heavy atom. The smallest absolute Gasteiger partial charge is 0.222 e. The summed E-state index contributed by atoms with van der Waals surface area (Å²) in [5.41, 5.74) is 0.0377. The van der Waals surface area contributed by atoms with Gasteiger partial charge in [-0.1, -0.05) is 20.8 Å². The van der Waals surface area contributed by atoms with E-state index in [4.69, 9.17) is 4.74 Å². The molecular weight excluding hydrogens is 252 g/mol. The maximum atomic E-state index is 11.8. The molecule has 4 heteroatoms. The molecule has 1 atom stereocenters. The molecule has 0 N–H and O–H groups in total. The molecule has 2 aliphatic rings. The van der Waals surface area contributed by atoms with Gasteiger partial charge >= 0.3 is 0 Å². The summed E-state index contributed by atoms with van der Waals surface area (Å²) in [6.07, 6.45) is 4.94. The van der Waals surface area contributed by atoms with Gasteiger partial charge in [-0.05, 0) is 38.8 Å². The number of carbonyl (C=O) groups excluding carboxylic acids is 1. The van der Waals surface area contributed by atoms with Crippen LogP contribution in [-0.2, 0) is 9.53 Å². The second-order valence-electron chi connectivity index (χ2n) is 6.13. The summed E-state index contributed by atoms with van der Waals surface area (Å²) >= 11 is 0. The number of rotatable bonds is 4. The predicted molar refractivity (Wildman–Crippen MR) is 80.7 cm³/mol. The Hall–Kier alpha value is -0.610. The van der Waals surface area contributed by atoms with Crippen molar-refractivity contribution in [1.82, 2.24) is 9.80 Å². The maximum absolute atomic E-state index is 11.8. The van der Waals surface area contributed by atoms with Crippen LogP contribution in [0.4, 0.5) is 0 Å². The second-order valence-corrected chi connectivity index (χ2v) is 6.13. The van der Waals surface area contributed by atoms with E-state index in [2.05, 4.69) is 18.7 Å². The van der Waals surface area contributed by atoms with Gasteiger partial charge in [-0.25, -0.2) is 0 Å². The van der Waals surface area contributed by atoms with Crippen molar-refractivity contribution < 1.29 is 9.53 Å². The van der Waals surface area contributed by atoms with Crippen LogP contribution in [0.25, 0.3) is 0 Å². The van der Waals surface area contributed by atoms with Crippen LogP contribution in [0.1, 0.15) is 52.9 Å². The van der Waals surface area contributed by atoms with E-state index < -0.39 is 0 Å². The second kappa shape index (κ2) is 6.90. The predicted octanol–water partition coefficient (Wildman–Crippen LogP) is 2.28. The summed E-state index contributed by atoms with van der Waals surface area (Å²) in [6, 6.07) is 0.659. The molecule has 2 aliphatic heterocycles. The highest BCUT2D eigenvalue weighted by atomic mass is 16.5. The van der Waals surface area contributed by atoms with Crippen LogP contribution in [0.3, 0.4) is 0 Å². The van der Waals surface area contributed by atoms with Crippen LogP contribution >= 0.6 is 0 Å². The van der Waals surface area contributed by atoms with Crippen molar-refractivity contribution in [3.05, 3.63) is 0 Å². The number of ether oxygens (including phenoxy) is 1. The lowest BCUT2D eigenvalue weighted by molar-refractivity contribution is -0.148. The Balaban J connectivity index is 1.93. The van der Waals surface area contributed by atoms with Gasteiger partial charge in [0.15, 0.2) is 0 Å². The number of hydrogen-bond acceptors (Lipinski definition) is 3. The van der Waals surface area contributed by atoms with E-state index in [1.165, 1.54) is 0 Å². The van der Waals surface area contributed by atoms with Gasteiger partial charge in [0.2, 0.25) is 5.91 Å². The van der Waals surface area contributed by atoms with Gasteiger partial charge < -0.3 is 14.5 Å². The van der Waals surface area contributed by atoms with Crippen LogP contribution < -0.4 is 0 Å². The highest BCUT2D eigenvalue weighted by molar-refractivity contribution is 5.75. The monoisotopic (exact) mass is 282 g/mol. The Kier molecular flexibility index (Phi) is 5.44. The van der Waals surface area contributed by atoms with Crippen LogP contribution in [0.5, 0.6) is 0 Å². The van der Waals surface area contributed by atoms with Crippen molar-refractivity contribution in [2.45, 2.75) is 64.5 Å². The number of amides is 1. The summed E-state index contributed by atoms with van der Waals surface area (Å²) in [5, 5.41) is 0. The van der Waals surface area contributed by atoms with Crippen molar-refractivity contribution in [3.8, 4) is 0 Å². The van der Waals surface area contributed by atoms with Crippen molar-refractivity contribution in [2.24, 2.45) is 0 Å². The molecule has 2 rings (SSSR count). The molecule has 1 unspecified atom stereocenters. The largest absolute Gasteiger partial charge is 0.375 e. The molecule has 0 radical (unpaired) electrons. The standard InChI is InChI=1S/C16H30N2O2/c1-4-15(19)18-10-8-16(9-11-18)13-14(7-12-20-16)17(5-2)6-3/h14H,4-13H2,1-3H3. The highest BCUT2D eigenvalue weighted by Gasteiger charge is 2.41. The minimum Gasteiger partial charge on any atom is -0.375 e. The Morgan fingerprint density at radius 2 is 1.90 bits per heavy atom. The minimum absolute atomic E-state index is 0.0377. The molecule has 0 aromatic rings. The molecule has 2 fully saturated rings. The van der Waals surface area contributed by atoms with E-state index in [9.17, 15) is 4.79 Å². The van der Waals surface area contributed by atoms with Crippen molar-refractivity contribution in [1.29, 1.82) is 0 Å². The third-order valence-electron chi connectivity index (χ3n) is 5.13. The lowest BCUT2D eigenvalue weighted by atomic mass is 9.81. The number of hydrogen-bond donors (Lipinski definition) is 0. The molecule has 2 heterocycles. The summed E-state index contributed by atoms with van der Waals surface area (Å²) in [6.45, 7) is 11.3. The SMILES string of the molecule is CCC(=O)N1CCC2(CC1)CC(N(CC)CC)CCO2. The zero-order valence-corrected chi connectivity index (χ0v) is 13.4. The number of carbonyl (C=O) groups is 1. The lowest BCUT2D eigenvalue weighted by Crippen LogP contribution is -2.54. The van der Waals surface area contributed by atoms with Crippen molar-refractivity contribution >= 4 is 5.91 Å². The van der Waals surface area contributed by atoms with Crippen LogP contribution in [0.15, 0.2) is 0 Å². The lowest BCUT2D eigenvalue weighted by Gasteiger charge is -2.48. The number of nitrogens with zero attached hydrogens (tertiary/aromatic N) is 2. The average molecular weight is 282 g/mol. The molecular formula is C16H30N2O2. The highest BCUT2D eigenvalue weighted by Crippen LogP contribution is 2.36. The van der Waals surface area contributed by atoms with Gasteiger partial charge in [-0.2, -0.15) is 0 Å². The van der Waals surface area contributed by atoms with E-state index in [1.54, 1.807) is 0 Å². The van der Waals surface area contributed by atoms with Gasteiger partial charge in [-0.3, -0.25) is 4.79 Å². The third kappa shape index (κ3) is 3.34. The fraction of sp³-hybridized carbons (Fsp3) is 0.938. The van der Waals surface area contributed by atoms with Gasteiger partial charge in [-0.15, -0.1) is 0 Å². The zero-order valence-electron chi connectivity index (χ0n) is 13.4.